The van der Waals surface area contributed by atoms with Gasteiger partial charge in [0.15, 0.2) is 0 Å². The van der Waals surface area contributed by atoms with Gasteiger partial charge in [-0.1, -0.05) is 13.8 Å². The molecular formula is C14H32O8. The highest BCUT2D eigenvalue weighted by atomic mass is 16.5. The van der Waals surface area contributed by atoms with Gasteiger partial charge in [0.05, 0.1) is 51.7 Å². The molecule has 6 N–H and O–H groups in total. The Morgan fingerprint density at radius 2 is 1.18 bits per heavy atom. The van der Waals surface area contributed by atoms with E-state index in [1.54, 1.807) is 13.8 Å². The molecule has 0 fully saturated rings. The molecule has 0 saturated heterocycles. The van der Waals surface area contributed by atoms with Gasteiger partial charge in [-0.2, -0.15) is 0 Å². The van der Waals surface area contributed by atoms with Gasteiger partial charge in [0.1, 0.15) is 0 Å². The van der Waals surface area contributed by atoms with E-state index in [-0.39, 0.29) is 38.4 Å². The minimum Gasteiger partial charge on any atom is -0.481 e. The van der Waals surface area contributed by atoms with Gasteiger partial charge in [-0.25, -0.2) is 0 Å². The molecule has 0 aromatic carbocycles. The quantitative estimate of drug-likeness (QED) is 0.313. The molecule has 22 heavy (non-hydrogen) atoms. The maximum Gasteiger partial charge on any atom is 0.311 e. The largest absolute Gasteiger partial charge is 0.481 e. The van der Waals surface area contributed by atoms with Crippen LogP contribution in [0.5, 0.6) is 0 Å². The van der Waals surface area contributed by atoms with E-state index >= 15 is 0 Å². The van der Waals surface area contributed by atoms with E-state index in [4.69, 9.17) is 30.6 Å². The lowest BCUT2D eigenvalue weighted by molar-refractivity contribution is -0.148. The molecule has 0 amide bonds. The molecule has 0 aromatic rings. The fourth-order valence-corrected chi connectivity index (χ4v) is 0.349. The lowest BCUT2D eigenvalue weighted by atomic mass is 9.96. The normalized spacial score (nSPS) is 11.0. The molecular weight excluding hydrogens is 296 g/mol. The molecule has 136 valence electrons. The second-order valence-corrected chi connectivity index (χ2v) is 5.89. The summed E-state index contributed by atoms with van der Waals surface area (Å²) in [6.07, 6.45) is 0. The number of carbonyl (C=O) groups is 1. The monoisotopic (exact) mass is 328 g/mol. The molecule has 0 saturated carbocycles. The number of hydrogen-bond acceptors (Lipinski definition) is 7. The molecule has 0 atom stereocenters. The molecule has 0 aliphatic heterocycles. The second kappa shape index (κ2) is 15.1. The van der Waals surface area contributed by atoms with Crippen LogP contribution < -0.4 is 0 Å². The molecule has 0 aliphatic rings. The summed E-state index contributed by atoms with van der Waals surface area (Å²) in [6, 6.07) is 0. The van der Waals surface area contributed by atoms with Crippen LogP contribution in [0.4, 0.5) is 0 Å². The van der Waals surface area contributed by atoms with Crippen molar-refractivity contribution in [3.05, 3.63) is 0 Å². The standard InChI is InChI=1S/C5H10O3.C5H12O2.C4H10O3/c1-5(2,3-6)4(7)8;1-5(2,3-6)4-7;5-1-3-7-4-2-6/h6H,3H2,1-2H3,(H,7,8);6-7H,3-4H2,1-2H3;5-6H,1-4H2. The Kier molecular flexibility index (Phi) is 18.0. The summed E-state index contributed by atoms with van der Waals surface area (Å²) in [7, 11) is 0. The fourth-order valence-electron chi connectivity index (χ4n) is 0.349. The molecule has 0 bridgehead atoms. The number of carboxylic acids is 1. The van der Waals surface area contributed by atoms with Gasteiger partial charge in [0.2, 0.25) is 0 Å². The minimum atomic E-state index is -0.986. The number of aliphatic carboxylic acids is 1. The molecule has 0 aromatic heterocycles. The van der Waals surface area contributed by atoms with Crippen molar-refractivity contribution in [3.63, 3.8) is 0 Å². The number of aliphatic hydroxyl groups is 5. The van der Waals surface area contributed by atoms with Crippen molar-refractivity contribution in [2.24, 2.45) is 10.8 Å². The predicted octanol–water partition coefficient (Wildman–Crippen LogP) is -0.926. The average molecular weight is 328 g/mol. The first-order valence-electron chi connectivity index (χ1n) is 6.90. The van der Waals surface area contributed by atoms with Crippen LogP contribution in [0.1, 0.15) is 27.7 Å². The first-order valence-corrected chi connectivity index (χ1v) is 6.90. The maximum atomic E-state index is 10.1. The molecule has 0 unspecified atom stereocenters. The van der Waals surface area contributed by atoms with Crippen molar-refractivity contribution in [1.29, 1.82) is 0 Å². The van der Waals surface area contributed by atoms with E-state index in [0.717, 1.165) is 0 Å². The number of hydrogen-bond donors (Lipinski definition) is 6. The Hall–Kier alpha value is -0.770. The highest BCUT2D eigenvalue weighted by Crippen LogP contribution is 2.12. The van der Waals surface area contributed by atoms with Crippen LogP contribution in [0.15, 0.2) is 0 Å². The summed E-state index contributed by atoms with van der Waals surface area (Å²) < 4.78 is 4.63. The van der Waals surface area contributed by atoms with Gasteiger partial charge in [-0.3, -0.25) is 4.79 Å². The third-order valence-electron chi connectivity index (χ3n) is 2.30. The van der Waals surface area contributed by atoms with Gasteiger partial charge < -0.3 is 35.4 Å². The summed E-state index contributed by atoms with van der Waals surface area (Å²) in [5.74, 6) is -0.972. The fraction of sp³-hybridized carbons (Fsp3) is 0.929. The highest BCUT2D eigenvalue weighted by Gasteiger charge is 2.25. The zero-order valence-electron chi connectivity index (χ0n) is 13.9. The Labute approximate surface area is 132 Å². The lowest BCUT2D eigenvalue weighted by Crippen LogP contribution is -2.27. The van der Waals surface area contributed by atoms with Gasteiger partial charge in [0, 0.05) is 5.41 Å². The zero-order valence-corrected chi connectivity index (χ0v) is 13.9. The Morgan fingerprint density at radius 3 is 1.27 bits per heavy atom. The van der Waals surface area contributed by atoms with Gasteiger partial charge in [0.25, 0.3) is 0 Å². The summed E-state index contributed by atoms with van der Waals surface area (Å²) in [5.41, 5.74) is -1.29. The SMILES string of the molecule is CC(C)(CO)C(=O)O.CC(C)(CO)CO.OCCOCCO. The molecule has 0 radical (unpaired) electrons. The van der Waals surface area contributed by atoms with Gasteiger partial charge >= 0.3 is 5.97 Å². The Balaban J connectivity index is -0.000000247. The predicted molar refractivity (Wildman–Crippen MR) is 81.4 cm³/mol. The van der Waals surface area contributed by atoms with E-state index in [9.17, 15) is 4.79 Å². The smallest absolute Gasteiger partial charge is 0.311 e. The van der Waals surface area contributed by atoms with Crippen LogP contribution in [-0.4, -0.2) is 82.9 Å². The van der Waals surface area contributed by atoms with Crippen LogP contribution in [0, 0.1) is 10.8 Å². The number of ether oxygens (including phenoxy) is 1. The first kappa shape index (κ1) is 26.1. The van der Waals surface area contributed by atoms with E-state index in [2.05, 4.69) is 4.74 Å². The molecule has 0 aliphatic carbocycles. The maximum absolute atomic E-state index is 10.1. The summed E-state index contributed by atoms with van der Waals surface area (Å²) in [5, 5.41) is 49.7. The van der Waals surface area contributed by atoms with Crippen molar-refractivity contribution >= 4 is 5.97 Å². The van der Waals surface area contributed by atoms with Crippen molar-refractivity contribution in [1.82, 2.24) is 0 Å². The molecule has 8 heteroatoms. The summed E-state index contributed by atoms with van der Waals surface area (Å²) in [4.78, 5) is 10.1. The summed E-state index contributed by atoms with van der Waals surface area (Å²) in [6.45, 7) is 7.00. The van der Waals surface area contributed by atoms with Crippen LogP contribution in [-0.2, 0) is 9.53 Å². The van der Waals surface area contributed by atoms with Gasteiger partial charge in [-0.05, 0) is 13.8 Å². The number of aliphatic hydroxyl groups excluding tert-OH is 5. The third-order valence-corrected chi connectivity index (χ3v) is 2.30. The molecule has 0 rings (SSSR count). The number of carboxylic acid groups (broad SMARTS) is 1. The topological polar surface area (TPSA) is 148 Å². The van der Waals surface area contributed by atoms with E-state index < -0.39 is 11.4 Å². The molecule has 8 nitrogen and oxygen atoms in total. The van der Waals surface area contributed by atoms with Crippen LogP contribution in [0.2, 0.25) is 0 Å². The van der Waals surface area contributed by atoms with Crippen LogP contribution >= 0.6 is 0 Å². The van der Waals surface area contributed by atoms with Gasteiger partial charge in [-0.15, -0.1) is 0 Å². The van der Waals surface area contributed by atoms with Crippen LogP contribution in [0.3, 0.4) is 0 Å². The van der Waals surface area contributed by atoms with Crippen molar-refractivity contribution in [2.45, 2.75) is 27.7 Å². The molecule has 0 heterocycles. The third kappa shape index (κ3) is 19.2. The minimum absolute atomic E-state index is 0.0278. The van der Waals surface area contributed by atoms with E-state index in [1.165, 1.54) is 13.8 Å². The molecule has 0 spiro atoms. The lowest BCUT2D eigenvalue weighted by Gasteiger charge is -2.16. The van der Waals surface area contributed by atoms with Crippen molar-refractivity contribution < 1.29 is 40.2 Å². The van der Waals surface area contributed by atoms with Crippen molar-refractivity contribution in [3.8, 4) is 0 Å². The van der Waals surface area contributed by atoms with Crippen molar-refractivity contribution in [2.75, 3.05) is 46.2 Å². The zero-order chi connectivity index (χ0) is 18.2. The Morgan fingerprint density at radius 1 is 0.818 bits per heavy atom. The Bertz CT molecular complexity index is 243. The average Bonchev–Trinajstić information content (AvgIpc) is 2.49. The summed E-state index contributed by atoms with van der Waals surface area (Å²) >= 11 is 0. The first-order chi connectivity index (χ1) is 10.0. The number of rotatable bonds is 8. The van der Waals surface area contributed by atoms with E-state index in [1.807, 2.05) is 0 Å². The second-order valence-electron chi connectivity index (χ2n) is 5.89. The van der Waals surface area contributed by atoms with Crippen LogP contribution in [0.25, 0.3) is 0 Å². The highest BCUT2D eigenvalue weighted by molar-refractivity contribution is 5.73. The van der Waals surface area contributed by atoms with E-state index in [0.29, 0.717) is 13.2 Å².